The number of carboxylic acids is 1. The molecule has 0 spiro atoms. The Labute approximate surface area is 102 Å². The van der Waals surface area contributed by atoms with Crippen LogP contribution in [0.25, 0.3) is 0 Å². The van der Waals surface area contributed by atoms with Crippen molar-refractivity contribution in [3.8, 4) is 0 Å². The second-order valence-electron chi connectivity index (χ2n) is 4.17. The Morgan fingerprint density at radius 2 is 2.12 bits per heavy atom. The topological polar surface area (TPSA) is 63.3 Å². The van der Waals surface area contributed by atoms with Crippen LogP contribution in [0.4, 0.5) is 4.39 Å². The molecule has 0 heterocycles. The maximum absolute atomic E-state index is 13.5. The van der Waals surface area contributed by atoms with E-state index in [4.69, 9.17) is 10.8 Å². The molecule has 3 nitrogen and oxygen atoms in total. The van der Waals surface area contributed by atoms with Crippen molar-refractivity contribution in [1.29, 1.82) is 0 Å². The first-order valence-corrected chi connectivity index (χ1v) is 5.50. The lowest BCUT2D eigenvalue weighted by atomic mass is 9.81. The van der Waals surface area contributed by atoms with E-state index in [1.165, 1.54) is 26.0 Å². The molecule has 16 heavy (non-hydrogen) atoms. The van der Waals surface area contributed by atoms with Gasteiger partial charge in [0.05, 0.1) is 5.41 Å². The van der Waals surface area contributed by atoms with Gasteiger partial charge in [0, 0.05) is 16.1 Å². The van der Waals surface area contributed by atoms with E-state index in [0.29, 0.717) is 4.47 Å². The van der Waals surface area contributed by atoms with Crippen molar-refractivity contribution in [3.63, 3.8) is 0 Å². The molecule has 0 radical (unpaired) electrons. The maximum Gasteiger partial charge on any atom is 0.311 e. The van der Waals surface area contributed by atoms with Crippen LogP contribution in [0, 0.1) is 11.2 Å². The van der Waals surface area contributed by atoms with Gasteiger partial charge in [0.15, 0.2) is 0 Å². The normalized spacial score (nSPS) is 13.6. The summed E-state index contributed by atoms with van der Waals surface area (Å²) in [5.41, 5.74) is 4.78. The van der Waals surface area contributed by atoms with Crippen molar-refractivity contribution < 1.29 is 14.3 Å². The molecule has 0 amide bonds. The van der Waals surface area contributed by atoms with E-state index in [0.717, 1.165) is 0 Å². The van der Waals surface area contributed by atoms with Crippen molar-refractivity contribution >= 4 is 21.9 Å². The largest absolute Gasteiger partial charge is 0.481 e. The van der Waals surface area contributed by atoms with Gasteiger partial charge in [-0.3, -0.25) is 4.79 Å². The Kier molecular flexibility index (Phi) is 3.70. The number of hydrogen-bond donors (Lipinski definition) is 2. The van der Waals surface area contributed by atoms with E-state index in [1.807, 2.05) is 0 Å². The van der Waals surface area contributed by atoms with Gasteiger partial charge in [0.25, 0.3) is 0 Å². The fourth-order valence-corrected chi connectivity index (χ4v) is 1.65. The number of nitrogens with two attached hydrogens (primary N) is 1. The van der Waals surface area contributed by atoms with E-state index in [1.54, 1.807) is 6.07 Å². The summed E-state index contributed by atoms with van der Waals surface area (Å²) < 4.78 is 14.2. The summed E-state index contributed by atoms with van der Waals surface area (Å²) in [7, 11) is 0. The first-order valence-electron chi connectivity index (χ1n) is 4.70. The molecular formula is C11H13BrFNO2. The van der Waals surface area contributed by atoms with Gasteiger partial charge in [-0.15, -0.1) is 0 Å². The number of aliphatic carboxylic acids is 1. The fourth-order valence-electron chi connectivity index (χ4n) is 1.27. The molecule has 88 valence electrons. The van der Waals surface area contributed by atoms with Gasteiger partial charge in [-0.1, -0.05) is 15.9 Å². The zero-order valence-corrected chi connectivity index (χ0v) is 10.6. The molecular weight excluding hydrogens is 277 g/mol. The van der Waals surface area contributed by atoms with Crippen molar-refractivity contribution in [2.24, 2.45) is 11.1 Å². The fraction of sp³-hybridized carbons (Fsp3) is 0.364. The molecule has 0 fully saturated rings. The number of carbonyl (C=O) groups is 1. The number of hydrogen-bond acceptors (Lipinski definition) is 2. The predicted molar refractivity (Wildman–Crippen MR) is 62.4 cm³/mol. The third-order valence-electron chi connectivity index (χ3n) is 2.62. The lowest BCUT2D eigenvalue weighted by Gasteiger charge is -2.27. The van der Waals surface area contributed by atoms with Crippen molar-refractivity contribution in [1.82, 2.24) is 0 Å². The summed E-state index contributed by atoms with van der Waals surface area (Å²) in [6.07, 6.45) is 0. The molecule has 1 atom stereocenters. The van der Waals surface area contributed by atoms with E-state index in [9.17, 15) is 9.18 Å². The summed E-state index contributed by atoms with van der Waals surface area (Å²) in [5.74, 6) is -1.55. The SMILES string of the molecule is CC(C)(C(=O)O)C(N)c1cc(Br)ccc1F. The third-order valence-corrected chi connectivity index (χ3v) is 3.12. The van der Waals surface area contributed by atoms with E-state index in [-0.39, 0.29) is 5.56 Å². The zero-order valence-electron chi connectivity index (χ0n) is 9.00. The molecule has 0 aliphatic heterocycles. The number of benzene rings is 1. The molecule has 0 bridgehead atoms. The molecule has 0 aliphatic rings. The first-order chi connectivity index (χ1) is 7.26. The summed E-state index contributed by atoms with van der Waals surface area (Å²) in [6, 6.07) is 3.41. The number of halogens is 2. The van der Waals surface area contributed by atoms with Crippen LogP contribution in [0.3, 0.4) is 0 Å². The molecule has 1 rings (SSSR count). The minimum Gasteiger partial charge on any atom is -0.481 e. The number of rotatable bonds is 3. The van der Waals surface area contributed by atoms with Crippen LogP contribution in [0.1, 0.15) is 25.5 Å². The smallest absolute Gasteiger partial charge is 0.311 e. The molecule has 0 aliphatic carbocycles. The van der Waals surface area contributed by atoms with Gasteiger partial charge in [-0.25, -0.2) is 4.39 Å². The Morgan fingerprint density at radius 1 is 1.56 bits per heavy atom. The second kappa shape index (κ2) is 4.51. The second-order valence-corrected chi connectivity index (χ2v) is 5.09. The Balaban J connectivity index is 3.19. The summed E-state index contributed by atoms with van der Waals surface area (Å²) in [4.78, 5) is 11.0. The lowest BCUT2D eigenvalue weighted by Crippen LogP contribution is -2.36. The Hall–Kier alpha value is -0.940. The van der Waals surface area contributed by atoms with Gasteiger partial charge >= 0.3 is 5.97 Å². The Morgan fingerprint density at radius 3 is 2.62 bits per heavy atom. The maximum atomic E-state index is 13.5. The van der Waals surface area contributed by atoms with Crippen molar-refractivity contribution in [2.75, 3.05) is 0 Å². The molecule has 0 saturated carbocycles. The van der Waals surface area contributed by atoms with Gasteiger partial charge in [-0.2, -0.15) is 0 Å². The summed E-state index contributed by atoms with van der Waals surface area (Å²) in [5, 5.41) is 9.02. The molecule has 3 N–H and O–H groups in total. The lowest BCUT2D eigenvalue weighted by molar-refractivity contribution is -0.148. The van der Waals surface area contributed by atoms with Crippen LogP contribution in [0.5, 0.6) is 0 Å². The highest BCUT2D eigenvalue weighted by molar-refractivity contribution is 9.10. The average Bonchev–Trinajstić information content (AvgIpc) is 2.20. The van der Waals surface area contributed by atoms with Crippen LogP contribution < -0.4 is 5.73 Å². The van der Waals surface area contributed by atoms with Gasteiger partial charge in [0.1, 0.15) is 5.82 Å². The van der Waals surface area contributed by atoms with Gasteiger partial charge < -0.3 is 10.8 Å². The zero-order chi connectivity index (χ0) is 12.5. The van der Waals surface area contributed by atoms with Gasteiger partial charge in [0.2, 0.25) is 0 Å². The molecule has 1 aromatic carbocycles. The Bertz CT molecular complexity index is 420. The molecule has 1 unspecified atom stereocenters. The summed E-state index contributed by atoms with van der Waals surface area (Å²) in [6.45, 7) is 2.95. The van der Waals surface area contributed by atoms with Crippen LogP contribution in [0.2, 0.25) is 0 Å². The van der Waals surface area contributed by atoms with Crippen LogP contribution in [-0.4, -0.2) is 11.1 Å². The monoisotopic (exact) mass is 289 g/mol. The first kappa shape index (κ1) is 13.1. The van der Waals surface area contributed by atoms with Crippen LogP contribution >= 0.6 is 15.9 Å². The van der Waals surface area contributed by atoms with Crippen molar-refractivity contribution in [2.45, 2.75) is 19.9 Å². The molecule has 5 heteroatoms. The molecule has 1 aromatic rings. The van der Waals surface area contributed by atoms with Crippen molar-refractivity contribution in [3.05, 3.63) is 34.1 Å². The predicted octanol–water partition coefficient (Wildman–Crippen LogP) is 2.70. The van der Waals surface area contributed by atoms with E-state index in [2.05, 4.69) is 15.9 Å². The van der Waals surface area contributed by atoms with Crippen LogP contribution in [0.15, 0.2) is 22.7 Å². The minimum atomic E-state index is -1.22. The third kappa shape index (κ3) is 2.41. The average molecular weight is 290 g/mol. The highest BCUT2D eigenvalue weighted by Crippen LogP contribution is 2.33. The number of carboxylic acid groups (broad SMARTS) is 1. The summed E-state index contributed by atoms with van der Waals surface area (Å²) >= 11 is 3.20. The van der Waals surface area contributed by atoms with Gasteiger partial charge in [-0.05, 0) is 32.0 Å². The highest BCUT2D eigenvalue weighted by Gasteiger charge is 2.36. The highest BCUT2D eigenvalue weighted by atomic mass is 79.9. The minimum absolute atomic E-state index is 0.196. The van der Waals surface area contributed by atoms with E-state index < -0.39 is 23.2 Å². The molecule has 0 saturated heterocycles. The standard InChI is InChI=1S/C11H13BrFNO2/c1-11(2,10(15)16)9(14)7-5-6(12)3-4-8(7)13/h3-5,9H,14H2,1-2H3,(H,15,16). The molecule has 0 aromatic heterocycles. The van der Waals surface area contributed by atoms with Crippen LogP contribution in [-0.2, 0) is 4.79 Å². The van der Waals surface area contributed by atoms with E-state index >= 15 is 0 Å². The quantitative estimate of drug-likeness (QED) is 0.899.